The van der Waals surface area contributed by atoms with Crippen molar-refractivity contribution in [3.05, 3.63) is 35.4 Å². The summed E-state index contributed by atoms with van der Waals surface area (Å²) in [5, 5.41) is 8.62. The normalized spacial score (nSPS) is 16.2. The molecular formula is C15H15NO3. The fourth-order valence-electron chi connectivity index (χ4n) is 2.16. The Morgan fingerprint density at radius 3 is 2.32 bits per heavy atom. The van der Waals surface area contributed by atoms with E-state index in [1.54, 1.807) is 0 Å². The molecule has 1 aromatic rings. The predicted octanol–water partition coefficient (Wildman–Crippen LogP) is 1.24. The van der Waals surface area contributed by atoms with E-state index in [1.807, 2.05) is 31.2 Å². The van der Waals surface area contributed by atoms with E-state index < -0.39 is 0 Å². The van der Waals surface area contributed by atoms with E-state index in [9.17, 15) is 9.59 Å². The van der Waals surface area contributed by atoms with Gasteiger partial charge in [0.05, 0.1) is 6.04 Å². The molecule has 4 heteroatoms. The van der Waals surface area contributed by atoms with E-state index in [0.29, 0.717) is 12.8 Å². The van der Waals surface area contributed by atoms with Crippen molar-refractivity contribution in [2.75, 3.05) is 6.61 Å². The third-order valence-corrected chi connectivity index (χ3v) is 3.18. The summed E-state index contributed by atoms with van der Waals surface area (Å²) in [6.07, 6.45) is 0.618. The number of rotatable bonds is 2. The smallest absolute Gasteiger partial charge is 0.230 e. The summed E-state index contributed by atoms with van der Waals surface area (Å²) in [5.74, 6) is 5.15. The van der Waals surface area contributed by atoms with E-state index >= 15 is 0 Å². The summed E-state index contributed by atoms with van der Waals surface area (Å²) >= 11 is 0. The average molecular weight is 257 g/mol. The van der Waals surface area contributed by atoms with Crippen LogP contribution in [0, 0.1) is 11.8 Å². The van der Waals surface area contributed by atoms with Crippen molar-refractivity contribution in [2.24, 2.45) is 0 Å². The van der Waals surface area contributed by atoms with Crippen molar-refractivity contribution in [3.8, 4) is 11.8 Å². The van der Waals surface area contributed by atoms with E-state index in [-0.39, 0.29) is 24.5 Å². The van der Waals surface area contributed by atoms with Gasteiger partial charge >= 0.3 is 0 Å². The van der Waals surface area contributed by atoms with Crippen LogP contribution in [0.15, 0.2) is 24.3 Å². The van der Waals surface area contributed by atoms with Crippen molar-refractivity contribution < 1.29 is 14.7 Å². The third kappa shape index (κ3) is 2.83. The second-order valence-electron chi connectivity index (χ2n) is 4.42. The lowest BCUT2D eigenvalue weighted by molar-refractivity contribution is -0.140. The molecule has 1 aliphatic heterocycles. The minimum atomic E-state index is -0.248. The Balaban J connectivity index is 2.17. The van der Waals surface area contributed by atoms with E-state index in [1.165, 1.54) is 4.90 Å². The molecule has 98 valence electrons. The number of nitrogens with zero attached hydrogens (tertiary/aromatic N) is 1. The molecule has 0 saturated carbocycles. The van der Waals surface area contributed by atoms with Gasteiger partial charge in [0.15, 0.2) is 0 Å². The van der Waals surface area contributed by atoms with Gasteiger partial charge in [-0.25, -0.2) is 0 Å². The molecule has 4 nitrogen and oxygen atoms in total. The molecule has 2 amide bonds. The Kier molecular flexibility index (Phi) is 3.98. The van der Waals surface area contributed by atoms with Crippen molar-refractivity contribution in [1.29, 1.82) is 0 Å². The van der Waals surface area contributed by atoms with Gasteiger partial charge < -0.3 is 5.11 Å². The molecule has 0 radical (unpaired) electrons. The van der Waals surface area contributed by atoms with Gasteiger partial charge in [0, 0.05) is 18.4 Å². The molecule has 0 aromatic heterocycles. The first-order chi connectivity index (χ1) is 9.13. The number of likely N-dealkylation sites (tertiary alicyclic amines) is 1. The van der Waals surface area contributed by atoms with Crippen LogP contribution in [-0.4, -0.2) is 28.4 Å². The molecular weight excluding hydrogens is 242 g/mol. The molecule has 2 rings (SSSR count). The molecule has 1 unspecified atom stereocenters. The molecule has 1 aromatic carbocycles. The summed E-state index contributed by atoms with van der Waals surface area (Å²) in [6, 6.07) is 7.09. The SMILES string of the molecule is CC(c1ccc(C#CCO)cc1)N1C(=O)CCC1=O. The van der Waals surface area contributed by atoms with Crippen molar-refractivity contribution in [1.82, 2.24) is 4.90 Å². The second-order valence-corrected chi connectivity index (χ2v) is 4.42. The maximum atomic E-state index is 11.7. The highest BCUT2D eigenvalue weighted by atomic mass is 16.2. The van der Waals surface area contributed by atoms with Crippen molar-refractivity contribution in [2.45, 2.75) is 25.8 Å². The zero-order valence-electron chi connectivity index (χ0n) is 10.7. The van der Waals surface area contributed by atoms with Crippen molar-refractivity contribution >= 4 is 11.8 Å². The van der Waals surface area contributed by atoms with E-state index in [2.05, 4.69) is 11.8 Å². The number of hydrogen-bond acceptors (Lipinski definition) is 3. The molecule has 1 saturated heterocycles. The topological polar surface area (TPSA) is 57.6 Å². The minimum Gasteiger partial charge on any atom is -0.384 e. The van der Waals surface area contributed by atoms with Crippen LogP contribution in [0.3, 0.4) is 0 Å². The Morgan fingerprint density at radius 1 is 1.21 bits per heavy atom. The summed E-state index contributed by atoms with van der Waals surface area (Å²) in [4.78, 5) is 24.7. The van der Waals surface area contributed by atoms with Gasteiger partial charge in [-0.2, -0.15) is 0 Å². The van der Waals surface area contributed by atoms with Gasteiger partial charge in [0.1, 0.15) is 6.61 Å². The van der Waals surface area contributed by atoms with Crippen LogP contribution in [0.5, 0.6) is 0 Å². The molecule has 0 aliphatic carbocycles. The van der Waals surface area contributed by atoms with Gasteiger partial charge in [0.2, 0.25) is 11.8 Å². The molecule has 19 heavy (non-hydrogen) atoms. The van der Waals surface area contributed by atoms with Crippen LogP contribution in [0.1, 0.15) is 36.9 Å². The first-order valence-electron chi connectivity index (χ1n) is 6.18. The quantitative estimate of drug-likeness (QED) is 0.640. The Labute approximate surface area is 112 Å². The third-order valence-electron chi connectivity index (χ3n) is 3.18. The van der Waals surface area contributed by atoms with Gasteiger partial charge in [-0.15, -0.1) is 0 Å². The van der Waals surface area contributed by atoms with Crippen LogP contribution in [0.25, 0.3) is 0 Å². The molecule has 0 spiro atoms. The highest BCUT2D eigenvalue weighted by molar-refractivity contribution is 6.02. The first kappa shape index (κ1) is 13.3. The van der Waals surface area contributed by atoms with E-state index in [0.717, 1.165) is 11.1 Å². The lowest BCUT2D eigenvalue weighted by Gasteiger charge is -2.22. The molecule has 1 fully saturated rings. The van der Waals surface area contributed by atoms with Crippen LogP contribution < -0.4 is 0 Å². The number of hydrogen-bond donors (Lipinski definition) is 1. The maximum Gasteiger partial charge on any atom is 0.230 e. The standard InChI is InChI=1S/C15H15NO3/c1-11(16-14(18)8-9-15(16)19)13-6-4-12(5-7-13)3-2-10-17/h4-7,11,17H,8-10H2,1H3. The largest absolute Gasteiger partial charge is 0.384 e. The fraction of sp³-hybridized carbons (Fsp3) is 0.333. The van der Waals surface area contributed by atoms with Crippen molar-refractivity contribution in [3.63, 3.8) is 0 Å². The van der Waals surface area contributed by atoms with Gasteiger partial charge in [0.25, 0.3) is 0 Å². The minimum absolute atomic E-state index is 0.110. The highest BCUT2D eigenvalue weighted by Crippen LogP contribution is 2.26. The molecule has 1 aliphatic rings. The van der Waals surface area contributed by atoms with Crippen LogP contribution in [-0.2, 0) is 9.59 Å². The lowest BCUT2D eigenvalue weighted by atomic mass is 10.1. The number of amides is 2. The summed E-state index contributed by atoms with van der Waals surface area (Å²) in [5.41, 5.74) is 1.70. The number of imide groups is 1. The summed E-state index contributed by atoms with van der Waals surface area (Å²) in [7, 11) is 0. The Hall–Kier alpha value is -2.12. The maximum absolute atomic E-state index is 11.7. The second kappa shape index (κ2) is 5.68. The molecule has 1 N–H and O–H groups in total. The monoisotopic (exact) mass is 257 g/mol. The van der Waals surface area contributed by atoms with E-state index in [4.69, 9.17) is 5.11 Å². The number of aliphatic hydroxyl groups excluding tert-OH is 1. The Bertz CT molecular complexity index is 535. The Morgan fingerprint density at radius 2 is 1.79 bits per heavy atom. The van der Waals surface area contributed by atoms with Crippen LogP contribution >= 0.6 is 0 Å². The van der Waals surface area contributed by atoms with Gasteiger partial charge in [-0.05, 0) is 24.6 Å². The summed E-state index contributed by atoms with van der Waals surface area (Å²) in [6.45, 7) is 1.67. The highest BCUT2D eigenvalue weighted by Gasteiger charge is 2.33. The fourth-order valence-corrected chi connectivity index (χ4v) is 2.16. The number of aliphatic hydroxyl groups is 1. The van der Waals surface area contributed by atoms with Gasteiger partial charge in [-0.1, -0.05) is 24.0 Å². The zero-order valence-corrected chi connectivity index (χ0v) is 10.7. The lowest BCUT2D eigenvalue weighted by Crippen LogP contribution is -2.31. The molecule has 1 heterocycles. The number of carbonyl (C=O) groups excluding carboxylic acids is 2. The number of benzene rings is 1. The summed E-state index contributed by atoms with van der Waals surface area (Å²) < 4.78 is 0. The van der Waals surface area contributed by atoms with Crippen LogP contribution in [0.4, 0.5) is 0 Å². The van der Waals surface area contributed by atoms with Crippen LogP contribution in [0.2, 0.25) is 0 Å². The average Bonchev–Trinajstić information content (AvgIpc) is 2.76. The molecule has 0 bridgehead atoms. The first-order valence-corrected chi connectivity index (χ1v) is 6.18. The molecule has 1 atom stereocenters. The zero-order chi connectivity index (χ0) is 13.8. The van der Waals surface area contributed by atoms with Gasteiger partial charge in [-0.3, -0.25) is 14.5 Å². The number of carbonyl (C=O) groups is 2. The predicted molar refractivity (Wildman–Crippen MR) is 69.9 cm³/mol.